The van der Waals surface area contributed by atoms with Gasteiger partial charge >= 0.3 is 12.0 Å². The van der Waals surface area contributed by atoms with E-state index in [-0.39, 0.29) is 10.6 Å². The van der Waals surface area contributed by atoms with Crippen molar-refractivity contribution in [1.82, 2.24) is 5.32 Å². The number of ether oxygens (including phenoxy) is 1. The fourth-order valence-electron chi connectivity index (χ4n) is 1.47. The van der Waals surface area contributed by atoms with Crippen molar-refractivity contribution in [1.29, 1.82) is 0 Å². The van der Waals surface area contributed by atoms with Crippen LogP contribution < -0.4 is 10.6 Å². The molecule has 1 rings (SSSR count). The van der Waals surface area contributed by atoms with E-state index in [0.29, 0.717) is 31.4 Å². The quantitative estimate of drug-likeness (QED) is 0.675. The smallest absolute Gasteiger partial charge is 0.335 e. The first kappa shape index (κ1) is 17.3. The van der Waals surface area contributed by atoms with Crippen molar-refractivity contribution in [3.05, 3.63) is 28.8 Å². The molecule has 116 valence electrons. The van der Waals surface area contributed by atoms with E-state index in [1.54, 1.807) is 0 Å². The average Bonchev–Trinajstić information content (AvgIpc) is 2.40. The molecule has 0 aliphatic heterocycles. The summed E-state index contributed by atoms with van der Waals surface area (Å²) in [6.07, 6.45) is 0. The summed E-state index contributed by atoms with van der Waals surface area (Å²) in [6, 6.07) is 3.68. The van der Waals surface area contributed by atoms with Crippen LogP contribution in [0.15, 0.2) is 18.2 Å². The number of carboxylic acid groups (broad SMARTS) is 1. The van der Waals surface area contributed by atoms with Crippen LogP contribution >= 0.6 is 11.6 Å². The molecule has 0 spiro atoms. The topological polar surface area (TPSA) is 87.7 Å². The number of benzene rings is 1. The number of nitrogens with one attached hydrogen (secondary N) is 2. The first-order valence-corrected chi connectivity index (χ1v) is 6.93. The molecule has 0 saturated heterocycles. The summed E-state index contributed by atoms with van der Waals surface area (Å²) in [5.74, 6) is -0.624. The van der Waals surface area contributed by atoms with Crippen molar-refractivity contribution in [2.45, 2.75) is 13.8 Å². The molecule has 7 heteroatoms. The Morgan fingerprint density at radius 3 is 2.67 bits per heavy atom. The molecule has 0 heterocycles. The van der Waals surface area contributed by atoms with Crippen LogP contribution in [0, 0.1) is 5.92 Å². The zero-order chi connectivity index (χ0) is 15.8. The largest absolute Gasteiger partial charge is 0.478 e. The first-order chi connectivity index (χ1) is 9.90. The highest BCUT2D eigenvalue weighted by atomic mass is 35.5. The van der Waals surface area contributed by atoms with E-state index < -0.39 is 12.0 Å². The van der Waals surface area contributed by atoms with Crippen molar-refractivity contribution in [2.75, 3.05) is 25.1 Å². The maximum absolute atomic E-state index is 11.6. The molecular weight excluding hydrogens is 296 g/mol. The van der Waals surface area contributed by atoms with Crippen LogP contribution in [0.3, 0.4) is 0 Å². The molecule has 0 unspecified atom stereocenters. The molecule has 6 nitrogen and oxygen atoms in total. The van der Waals surface area contributed by atoms with E-state index in [4.69, 9.17) is 21.4 Å². The molecule has 1 aromatic carbocycles. The number of hydrogen-bond donors (Lipinski definition) is 3. The van der Waals surface area contributed by atoms with Crippen LogP contribution in [0.1, 0.15) is 24.2 Å². The highest BCUT2D eigenvalue weighted by Crippen LogP contribution is 2.22. The maximum atomic E-state index is 11.6. The van der Waals surface area contributed by atoms with Crippen LogP contribution in [0.2, 0.25) is 5.02 Å². The van der Waals surface area contributed by atoms with Crippen molar-refractivity contribution >= 4 is 29.3 Å². The maximum Gasteiger partial charge on any atom is 0.335 e. The molecule has 3 N–H and O–H groups in total. The highest BCUT2D eigenvalue weighted by molar-refractivity contribution is 6.34. The van der Waals surface area contributed by atoms with Crippen LogP contribution in [0.25, 0.3) is 0 Å². The Balaban J connectivity index is 2.39. The summed E-state index contributed by atoms with van der Waals surface area (Å²) in [4.78, 5) is 22.4. The van der Waals surface area contributed by atoms with E-state index in [1.165, 1.54) is 18.2 Å². The molecule has 0 aromatic heterocycles. The third-order valence-corrected chi connectivity index (χ3v) is 2.76. The van der Waals surface area contributed by atoms with Crippen molar-refractivity contribution in [2.24, 2.45) is 5.92 Å². The number of hydrogen-bond acceptors (Lipinski definition) is 3. The molecule has 21 heavy (non-hydrogen) atoms. The van der Waals surface area contributed by atoms with Gasteiger partial charge in [-0.3, -0.25) is 0 Å². The summed E-state index contributed by atoms with van der Waals surface area (Å²) in [6.45, 7) is 5.54. The molecule has 2 amide bonds. The summed E-state index contributed by atoms with van der Waals surface area (Å²) in [5.41, 5.74) is 0.412. The lowest BCUT2D eigenvalue weighted by molar-refractivity contribution is 0.0697. The van der Waals surface area contributed by atoms with Crippen LogP contribution in [-0.4, -0.2) is 36.9 Å². The predicted octanol–water partition coefficient (Wildman–Crippen LogP) is 2.83. The zero-order valence-corrected chi connectivity index (χ0v) is 12.7. The van der Waals surface area contributed by atoms with Crippen molar-refractivity contribution < 1.29 is 19.4 Å². The summed E-state index contributed by atoms with van der Waals surface area (Å²) >= 11 is 5.91. The monoisotopic (exact) mass is 314 g/mol. The average molecular weight is 315 g/mol. The molecule has 0 aliphatic rings. The van der Waals surface area contributed by atoms with Gasteiger partial charge < -0.3 is 20.5 Å². The van der Waals surface area contributed by atoms with E-state index in [0.717, 1.165) is 0 Å². The van der Waals surface area contributed by atoms with Crippen LogP contribution in [-0.2, 0) is 4.74 Å². The molecule has 0 atom stereocenters. The van der Waals surface area contributed by atoms with Crippen LogP contribution in [0.4, 0.5) is 10.5 Å². The number of rotatable bonds is 7. The van der Waals surface area contributed by atoms with Crippen molar-refractivity contribution in [3.8, 4) is 0 Å². The predicted molar refractivity (Wildman–Crippen MR) is 81.1 cm³/mol. The fourth-order valence-corrected chi connectivity index (χ4v) is 1.70. The van der Waals surface area contributed by atoms with Gasteiger partial charge in [-0.1, -0.05) is 25.4 Å². The van der Waals surface area contributed by atoms with Gasteiger partial charge in [-0.25, -0.2) is 9.59 Å². The normalized spacial score (nSPS) is 10.5. The minimum Gasteiger partial charge on any atom is -0.478 e. The number of aromatic carboxylic acids is 1. The van der Waals surface area contributed by atoms with Crippen molar-refractivity contribution in [3.63, 3.8) is 0 Å². The standard InChI is InChI=1S/C14H19ClN2O4/c1-9(2)8-21-6-5-16-14(20)17-12-4-3-10(13(18)19)7-11(12)15/h3-4,7,9H,5-6,8H2,1-2H3,(H,18,19)(H2,16,17,20). The van der Waals surface area contributed by atoms with Gasteiger partial charge in [-0.15, -0.1) is 0 Å². The first-order valence-electron chi connectivity index (χ1n) is 6.55. The second kappa shape index (κ2) is 8.49. The summed E-state index contributed by atoms with van der Waals surface area (Å²) in [5, 5.41) is 14.1. The second-order valence-corrected chi connectivity index (χ2v) is 5.26. The van der Waals surface area contributed by atoms with E-state index in [1.807, 2.05) is 13.8 Å². The Bertz CT molecular complexity index is 506. The van der Waals surface area contributed by atoms with E-state index >= 15 is 0 Å². The van der Waals surface area contributed by atoms with Gasteiger partial charge in [0.2, 0.25) is 0 Å². The Morgan fingerprint density at radius 2 is 2.10 bits per heavy atom. The zero-order valence-electron chi connectivity index (χ0n) is 12.0. The second-order valence-electron chi connectivity index (χ2n) is 4.85. The van der Waals surface area contributed by atoms with Gasteiger partial charge in [-0.2, -0.15) is 0 Å². The number of amides is 2. The van der Waals surface area contributed by atoms with Crippen LogP contribution in [0.5, 0.6) is 0 Å². The van der Waals surface area contributed by atoms with E-state index in [9.17, 15) is 9.59 Å². The third kappa shape index (κ3) is 6.46. The minimum atomic E-state index is -1.07. The van der Waals surface area contributed by atoms with Gasteiger partial charge in [0.05, 0.1) is 22.9 Å². The molecular formula is C14H19ClN2O4. The Labute approximate surface area is 128 Å². The minimum absolute atomic E-state index is 0.0630. The number of carbonyl (C=O) groups excluding carboxylic acids is 1. The molecule has 1 aromatic rings. The molecule has 0 fully saturated rings. The van der Waals surface area contributed by atoms with Gasteiger partial charge in [0, 0.05) is 13.2 Å². The molecule has 0 aliphatic carbocycles. The van der Waals surface area contributed by atoms with E-state index in [2.05, 4.69) is 10.6 Å². The lowest BCUT2D eigenvalue weighted by Gasteiger charge is -2.10. The third-order valence-electron chi connectivity index (χ3n) is 2.45. The Hall–Kier alpha value is -1.79. The number of halogens is 1. The number of carbonyl (C=O) groups is 2. The number of urea groups is 1. The summed E-state index contributed by atoms with van der Waals surface area (Å²) < 4.78 is 5.33. The molecule has 0 bridgehead atoms. The lowest BCUT2D eigenvalue weighted by Crippen LogP contribution is -2.31. The molecule has 0 radical (unpaired) electrons. The summed E-state index contributed by atoms with van der Waals surface area (Å²) in [7, 11) is 0. The number of anilines is 1. The Kier molecular flexibility index (Phi) is 6.98. The SMILES string of the molecule is CC(C)COCCNC(=O)Nc1ccc(C(=O)O)cc1Cl. The lowest BCUT2D eigenvalue weighted by atomic mass is 10.2. The van der Waals surface area contributed by atoms with Gasteiger partial charge in [0.1, 0.15) is 0 Å². The van der Waals surface area contributed by atoms with Gasteiger partial charge in [-0.05, 0) is 24.1 Å². The highest BCUT2D eigenvalue weighted by Gasteiger charge is 2.09. The Morgan fingerprint density at radius 1 is 1.38 bits per heavy atom. The van der Waals surface area contributed by atoms with Gasteiger partial charge in [0.15, 0.2) is 0 Å². The van der Waals surface area contributed by atoms with Gasteiger partial charge in [0.25, 0.3) is 0 Å². The number of carboxylic acids is 1. The fraction of sp³-hybridized carbons (Fsp3) is 0.429. The molecule has 0 saturated carbocycles.